The van der Waals surface area contributed by atoms with Gasteiger partial charge in [-0.15, -0.1) is 0 Å². The summed E-state index contributed by atoms with van der Waals surface area (Å²) >= 11 is 0. The maximum Gasteiger partial charge on any atom is 0.262 e. The highest BCUT2D eigenvalue weighted by Gasteiger charge is 2.30. The summed E-state index contributed by atoms with van der Waals surface area (Å²) in [6.45, 7) is 2.04. The van der Waals surface area contributed by atoms with Crippen LogP contribution in [0.4, 0.5) is 5.69 Å². The van der Waals surface area contributed by atoms with Crippen molar-refractivity contribution in [3.8, 4) is 0 Å². The molecule has 1 unspecified atom stereocenters. The Morgan fingerprint density at radius 3 is 2.85 bits per heavy atom. The van der Waals surface area contributed by atoms with Gasteiger partial charge in [-0.2, -0.15) is 0 Å². The molecule has 1 aromatic heterocycles. The van der Waals surface area contributed by atoms with Crippen molar-refractivity contribution in [1.29, 1.82) is 0 Å². The molecule has 1 saturated heterocycles. The van der Waals surface area contributed by atoms with Crippen molar-refractivity contribution in [2.45, 2.75) is 38.6 Å². The largest absolute Gasteiger partial charge is 0.330 e. The second-order valence-corrected chi connectivity index (χ2v) is 6.44. The van der Waals surface area contributed by atoms with Crippen molar-refractivity contribution in [1.82, 2.24) is 14.9 Å². The minimum Gasteiger partial charge on any atom is -0.330 e. The molecule has 0 bridgehead atoms. The van der Waals surface area contributed by atoms with E-state index in [1.165, 1.54) is 4.57 Å². The minimum atomic E-state index is -0.782. The summed E-state index contributed by atoms with van der Waals surface area (Å²) in [6.07, 6.45) is 1.25. The van der Waals surface area contributed by atoms with Crippen LogP contribution < -0.4 is 21.9 Å². The molecular weight excluding hydrogens is 350 g/mol. The minimum absolute atomic E-state index is 0.164. The van der Waals surface area contributed by atoms with Crippen molar-refractivity contribution in [3.05, 3.63) is 34.4 Å². The maximum atomic E-state index is 13.0. The number of imide groups is 1. The van der Waals surface area contributed by atoms with Crippen molar-refractivity contribution in [3.63, 3.8) is 0 Å². The average molecular weight is 371 g/mol. The van der Waals surface area contributed by atoms with Crippen molar-refractivity contribution in [2.24, 2.45) is 5.73 Å². The van der Waals surface area contributed by atoms with E-state index in [1.54, 1.807) is 25.1 Å². The van der Waals surface area contributed by atoms with Gasteiger partial charge in [-0.05, 0) is 38.4 Å². The molecule has 1 aliphatic heterocycles. The zero-order valence-corrected chi connectivity index (χ0v) is 14.9. The molecule has 2 heterocycles. The molecule has 2 aromatic rings. The van der Waals surface area contributed by atoms with Crippen LogP contribution in [0.15, 0.2) is 23.0 Å². The first kappa shape index (κ1) is 18.7. The number of carbonyl (C=O) groups is 3. The van der Waals surface area contributed by atoms with Crippen molar-refractivity contribution in [2.75, 3.05) is 11.9 Å². The average Bonchev–Trinajstić information content (AvgIpc) is 2.62. The fourth-order valence-corrected chi connectivity index (χ4v) is 3.20. The number of rotatable bonds is 5. The lowest BCUT2D eigenvalue weighted by Crippen LogP contribution is -2.45. The summed E-state index contributed by atoms with van der Waals surface area (Å²) in [4.78, 5) is 53.0. The first-order valence-corrected chi connectivity index (χ1v) is 8.78. The van der Waals surface area contributed by atoms with Crippen LogP contribution in [0.5, 0.6) is 0 Å². The van der Waals surface area contributed by atoms with Crippen LogP contribution in [0.25, 0.3) is 10.9 Å². The fraction of sp³-hybridized carbons (Fsp3) is 0.389. The Kier molecular flexibility index (Phi) is 5.31. The molecule has 0 spiro atoms. The Morgan fingerprint density at radius 1 is 1.37 bits per heavy atom. The SMILES string of the molecule is Cc1nc2c(NC(=O)CCCN)cccc2c(=O)n1C1CCC(=O)NC1=O. The Bertz CT molecular complexity index is 982. The van der Waals surface area contributed by atoms with Gasteiger partial charge >= 0.3 is 0 Å². The highest BCUT2D eigenvalue weighted by Crippen LogP contribution is 2.23. The first-order valence-electron chi connectivity index (χ1n) is 8.78. The Morgan fingerprint density at radius 2 is 2.15 bits per heavy atom. The lowest BCUT2D eigenvalue weighted by Gasteiger charge is -2.24. The molecule has 0 aliphatic carbocycles. The van der Waals surface area contributed by atoms with E-state index in [1.807, 2.05) is 0 Å². The number of benzene rings is 1. The molecule has 1 aromatic carbocycles. The predicted molar refractivity (Wildman–Crippen MR) is 99.1 cm³/mol. The molecule has 4 N–H and O–H groups in total. The van der Waals surface area contributed by atoms with Gasteiger partial charge in [-0.1, -0.05) is 6.07 Å². The van der Waals surface area contributed by atoms with Gasteiger partial charge in [0.05, 0.1) is 11.1 Å². The van der Waals surface area contributed by atoms with Crippen LogP contribution in [0, 0.1) is 6.92 Å². The number of carbonyl (C=O) groups excluding carboxylic acids is 3. The number of piperidine rings is 1. The fourth-order valence-electron chi connectivity index (χ4n) is 3.20. The second-order valence-electron chi connectivity index (χ2n) is 6.44. The number of para-hydroxylation sites is 1. The number of aromatic nitrogens is 2. The third-order valence-electron chi connectivity index (χ3n) is 4.51. The van der Waals surface area contributed by atoms with Gasteiger partial charge in [-0.3, -0.25) is 29.1 Å². The highest BCUT2D eigenvalue weighted by atomic mass is 16.2. The van der Waals surface area contributed by atoms with E-state index in [2.05, 4.69) is 15.6 Å². The predicted octanol–water partition coefficient (Wildman–Crippen LogP) is 0.360. The first-order chi connectivity index (χ1) is 12.9. The van der Waals surface area contributed by atoms with Gasteiger partial charge in [0.1, 0.15) is 17.4 Å². The van der Waals surface area contributed by atoms with Gasteiger partial charge in [0.25, 0.3) is 5.56 Å². The van der Waals surface area contributed by atoms with Gasteiger partial charge in [-0.25, -0.2) is 4.98 Å². The van der Waals surface area contributed by atoms with Crippen LogP contribution in [0.3, 0.4) is 0 Å². The molecule has 1 aliphatic rings. The number of fused-ring (bicyclic) bond motifs is 1. The number of amides is 3. The number of aryl methyl sites for hydroxylation is 1. The summed E-state index contributed by atoms with van der Waals surface area (Å²) in [6, 6.07) is 4.14. The van der Waals surface area contributed by atoms with E-state index in [4.69, 9.17) is 5.73 Å². The molecule has 9 heteroatoms. The summed E-state index contributed by atoms with van der Waals surface area (Å²) in [7, 11) is 0. The van der Waals surface area contributed by atoms with Crippen molar-refractivity contribution < 1.29 is 14.4 Å². The van der Waals surface area contributed by atoms with E-state index in [0.29, 0.717) is 35.4 Å². The molecule has 1 fully saturated rings. The lowest BCUT2D eigenvalue weighted by atomic mass is 10.1. The van der Waals surface area contributed by atoms with Crippen LogP contribution in [-0.4, -0.2) is 33.8 Å². The van der Waals surface area contributed by atoms with Gasteiger partial charge in [0, 0.05) is 12.8 Å². The van der Waals surface area contributed by atoms with E-state index >= 15 is 0 Å². The molecule has 0 saturated carbocycles. The zero-order valence-electron chi connectivity index (χ0n) is 14.9. The third kappa shape index (κ3) is 3.72. The third-order valence-corrected chi connectivity index (χ3v) is 4.51. The van der Waals surface area contributed by atoms with Crippen LogP contribution in [0.1, 0.15) is 37.5 Å². The lowest BCUT2D eigenvalue weighted by molar-refractivity contribution is -0.135. The molecule has 3 amide bonds. The normalized spacial score (nSPS) is 17.0. The Labute approximate surface area is 154 Å². The summed E-state index contributed by atoms with van der Waals surface area (Å²) in [5, 5.41) is 5.31. The van der Waals surface area contributed by atoms with E-state index in [9.17, 15) is 19.2 Å². The van der Waals surface area contributed by atoms with Crippen LogP contribution >= 0.6 is 0 Å². The molecule has 0 radical (unpaired) electrons. The van der Waals surface area contributed by atoms with Gasteiger partial charge in [0.15, 0.2) is 0 Å². The number of hydrogen-bond acceptors (Lipinski definition) is 6. The van der Waals surface area contributed by atoms with Crippen LogP contribution in [0.2, 0.25) is 0 Å². The van der Waals surface area contributed by atoms with E-state index < -0.39 is 11.9 Å². The second kappa shape index (κ2) is 7.67. The topological polar surface area (TPSA) is 136 Å². The monoisotopic (exact) mass is 371 g/mol. The van der Waals surface area contributed by atoms with Gasteiger partial charge < -0.3 is 11.1 Å². The summed E-state index contributed by atoms with van der Waals surface area (Å²) in [5.74, 6) is -0.727. The number of nitrogens with zero attached hydrogens (tertiary/aromatic N) is 2. The zero-order chi connectivity index (χ0) is 19.6. The molecule has 3 rings (SSSR count). The highest BCUT2D eigenvalue weighted by molar-refractivity contribution is 6.01. The van der Waals surface area contributed by atoms with Crippen LogP contribution in [-0.2, 0) is 14.4 Å². The molecular formula is C18H21N5O4. The van der Waals surface area contributed by atoms with E-state index in [0.717, 1.165) is 0 Å². The van der Waals surface area contributed by atoms with E-state index in [-0.39, 0.29) is 36.6 Å². The standard InChI is InChI=1S/C18H21N5O4/c1-10-20-16-11(4-2-5-12(16)21-14(24)6-3-9-19)18(27)23(10)13-7-8-15(25)22-17(13)26/h2,4-5,13H,3,6-9,19H2,1H3,(H,21,24)(H,22,25,26). The maximum absolute atomic E-state index is 13.0. The number of nitrogens with one attached hydrogen (secondary N) is 2. The number of nitrogens with two attached hydrogens (primary N) is 1. The molecule has 1 atom stereocenters. The Hall–Kier alpha value is -3.07. The smallest absolute Gasteiger partial charge is 0.262 e. The molecule has 142 valence electrons. The number of anilines is 1. The summed E-state index contributed by atoms with van der Waals surface area (Å²) in [5.41, 5.74) is 5.83. The van der Waals surface area contributed by atoms with Crippen molar-refractivity contribution >= 4 is 34.3 Å². The summed E-state index contributed by atoms with van der Waals surface area (Å²) < 4.78 is 1.31. The Balaban J connectivity index is 2.03. The molecule has 9 nitrogen and oxygen atoms in total. The number of hydrogen-bond donors (Lipinski definition) is 3. The van der Waals surface area contributed by atoms with Gasteiger partial charge in [0.2, 0.25) is 17.7 Å². The molecule has 27 heavy (non-hydrogen) atoms. The quantitative estimate of drug-likeness (QED) is 0.649.